The summed E-state index contributed by atoms with van der Waals surface area (Å²) in [7, 11) is 0. The quantitative estimate of drug-likeness (QED) is 0.860. The number of carbonyl (C=O) groups excluding carboxylic acids is 1. The number of benzene rings is 1. The van der Waals surface area contributed by atoms with E-state index >= 15 is 0 Å². The second kappa shape index (κ2) is 4.22. The van der Waals surface area contributed by atoms with Crippen LogP contribution in [0.15, 0.2) is 33.5 Å². The van der Waals surface area contributed by atoms with Crippen molar-refractivity contribution in [2.24, 2.45) is 0 Å². The molecule has 1 aromatic carbocycles. The van der Waals surface area contributed by atoms with E-state index in [4.69, 9.17) is 0 Å². The first-order chi connectivity index (χ1) is 7.61. The highest BCUT2D eigenvalue weighted by atomic mass is 79.9. The number of carbonyl (C=O) groups is 1. The van der Waals surface area contributed by atoms with Crippen LogP contribution in [0.4, 0.5) is 0 Å². The number of aromatic nitrogens is 1. The van der Waals surface area contributed by atoms with Gasteiger partial charge in [0.1, 0.15) is 0 Å². The molecule has 0 amide bonds. The molecule has 0 radical (unpaired) electrons. The highest BCUT2D eigenvalue weighted by Crippen LogP contribution is 2.23. The van der Waals surface area contributed by atoms with Crippen molar-refractivity contribution in [3.05, 3.63) is 44.7 Å². The molecular formula is C12H10BrNO2. The van der Waals surface area contributed by atoms with Crippen LogP contribution in [0.2, 0.25) is 0 Å². The maximum atomic E-state index is 11.6. The molecule has 4 heteroatoms. The van der Waals surface area contributed by atoms with Crippen molar-refractivity contribution >= 4 is 32.6 Å². The standard InChI is InChI=1S/C12H10BrNO2/c1-2-10(15)8-5-7-3-4-11(16)14-12(7)9(13)6-8/h3-6H,2H2,1H3,(H,14,16). The average molecular weight is 280 g/mol. The summed E-state index contributed by atoms with van der Waals surface area (Å²) >= 11 is 3.36. The molecule has 0 saturated carbocycles. The van der Waals surface area contributed by atoms with Gasteiger partial charge in [-0.05, 0) is 34.1 Å². The summed E-state index contributed by atoms with van der Waals surface area (Å²) in [6, 6.07) is 6.70. The van der Waals surface area contributed by atoms with Gasteiger partial charge in [-0.15, -0.1) is 0 Å². The molecule has 0 atom stereocenters. The van der Waals surface area contributed by atoms with Crippen LogP contribution < -0.4 is 5.56 Å². The predicted octanol–water partition coefficient (Wildman–Crippen LogP) is 2.88. The molecule has 16 heavy (non-hydrogen) atoms. The van der Waals surface area contributed by atoms with Gasteiger partial charge in [0, 0.05) is 27.9 Å². The Hall–Kier alpha value is -1.42. The zero-order chi connectivity index (χ0) is 11.7. The van der Waals surface area contributed by atoms with E-state index in [0.717, 1.165) is 15.4 Å². The highest BCUT2D eigenvalue weighted by Gasteiger charge is 2.07. The van der Waals surface area contributed by atoms with Crippen LogP contribution in [0.5, 0.6) is 0 Å². The van der Waals surface area contributed by atoms with E-state index in [1.807, 2.05) is 6.92 Å². The smallest absolute Gasteiger partial charge is 0.248 e. The molecule has 2 rings (SSSR count). The van der Waals surface area contributed by atoms with Gasteiger partial charge in [0.25, 0.3) is 0 Å². The van der Waals surface area contributed by atoms with Crippen molar-refractivity contribution in [1.29, 1.82) is 0 Å². The van der Waals surface area contributed by atoms with Gasteiger partial charge in [-0.25, -0.2) is 0 Å². The Balaban J connectivity index is 2.73. The van der Waals surface area contributed by atoms with Gasteiger partial charge in [0.2, 0.25) is 5.56 Å². The molecule has 1 aromatic heterocycles. The van der Waals surface area contributed by atoms with Crippen LogP contribution in [0.1, 0.15) is 23.7 Å². The van der Waals surface area contributed by atoms with E-state index in [1.54, 1.807) is 18.2 Å². The fraction of sp³-hybridized carbons (Fsp3) is 0.167. The lowest BCUT2D eigenvalue weighted by Gasteiger charge is -2.04. The molecule has 0 aliphatic heterocycles. The van der Waals surface area contributed by atoms with Gasteiger partial charge in [-0.1, -0.05) is 6.92 Å². The molecule has 0 aliphatic rings. The summed E-state index contributed by atoms with van der Waals surface area (Å²) in [5.41, 5.74) is 1.23. The van der Waals surface area contributed by atoms with Crippen molar-refractivity contribution < 1.29 is 4.79 Å². The largest absolute Gasteiger partial charge is 0.321 e. The summed E-state index contributed by atoms with van der Waals surface area (Å²) in [6.07, 6.45) is 0.474. The lowest BCUT2D eigenvalue weighted by molar-refractivity contribution is 0.0988. The number of hydrogen-bond donors (Lipinski definition) is 1. The van der Waals surface area contributed by atoms with Crippen LogP contribution in [0.25, 0.3) is 10.9 Å². The molecule has 0 unspecified atom stereocenters. The van der Waals surface area contributed by atoms with Crippen LogP contribution in [0, 0.1) is 0 Å². The highest BCUT2D eigenvalue weighted by molar-refractivity contribution is 9.10. The van der Waals surface area contributed by atoms with Gasteiger partial charge >= 0.3 is 0 Å². The molecule has 1 N–H and O–H groups in total. The number of H-pyrrole nitrogens is 1. The fourth-order valence-electron chi connectivity index (χ4n) is 1.59. The van der Waals surface area contributed by atoms with Gasteiger partial charge in [0.15, 0.2) is 5.78 Å². The molecule has 2 aromatic rings. The summed E-state index contributed by atoms with van der Waals surface area (Å²) < 4.78 is 0.736. The number of fused-ring (bicyclic) bond motifs is 1. The van der Waals surface area contributed by atoms with Gasteiger partial charge in [-0.2, -0.15) is 0 Å². The third-order valence-electron chi connectivity index (χ3n) is 2.43. The first kappa shape index (κ1) is 11.1. The molecule has 0 saturated heterocycles. The van der Waals surface area contributed by atoms with Crippen LogP contribution in [-0.2, 0) is 0 Å². The van der Waals surface area contributed by atoms with E-state index in [1.165, 1.54) is 6.07 Å². The third kappa shape index (κ3) is 1.93. The summed E-state index contributed by atoms with van der Waals surface area (Å²) in [6.45, 7) is 1.83. The predicted molar refractivity (Wildman–Crippen MR) is 66.9 cm³/mol. The Morgan fingerprint density at radius 1 is 1.38 bits per heavy atom. The maximum absolute atomic E-state index is 11.6. The van der Waals surface area contributed by atoms with Gasteiger partial charge < -0.3 is 4.98 Å². The zero-order valence-corrected chi connectivity index (χ0v) is 10.3. The first-order valence-corrected chi connectivity index (χ1v) is 5.77. The summed E-state index contributed by atoms with van der Waals surface area (Å²) in [5, 5.41) is 0.853. The van der Waals surface area contributed by atoms with Crippen molar-refractivity contribution in [3.63, 3.8) is 0 Å². The third-order valence-corrected chi connectivity index (χ3v) is 3.05. The van der Waals surface area contributed by atoms with E-state index in [9.17, 15) is 9.59 Å². The molecule has 3 nitrogen and oxygen atoms in total. The molecule has 0 bridgehead atoms. The number of rotatable bonds is 2. The number of pyridine rings is 1. The van der Waals surface area contributed by atoms with E-state index in [2.05, 4.69) is 20.9 Å². The lowest BCUT2D eigenvalue weighted by Crippen LogP contribution is -2.04. The minimum absolute atomic E-state index is 0.0915. The van der Waals surface area contributed by atoms with Crippen molar-refractivity contribution in [1.82, 2.24) is 4.98 Å². The monoisotopic (exact) mass is 279 g/mol. The first-order valence-electron chi connectivity index (χ1n) is 4.97. The average Bonchev–Trinajstić information content (AvgIpc) is 2.28. The molecule has 82 valence electrons. The minimum Gasteiger partial charge on any atom is -0.321 e. The van der Waals surface area contributed by atoms with Crippen molar-refractivity contribution in [2.75, 3.05) is 0 Å². The van der Waals surface area contributed by atoms with E-state index in [-0.39, 0.29) is 11.3 Å². The van der Waals surface area contributed by atoms with Crippen LogP contribution in [0.3, 0.4) is 0 Å². The van der Waals surface area contributed by atoms with E-state index < -0.39 is 0 Å². The van der Waals surface area contributed by atoms with E-state index in [0.29, 0.717) is 12.0 Å². The molecule has 0 aliphatic carbocycles. The maximum Gasteiger partial charge on any atom is 0.248 e. The molecule has 0 spiro atoms. The summed E-state index contributed by atoms with van der Waals surface area (Å²) in [4.78, 5) is 25.5. The second-order valence-corrected chi connectivity index (χ2v) is 4.38. The topological polar surface area (TPSA) is 49.9 Å². The number of nitrogens with one attached hydrogen (secondary N) is 1. The molecule has 0 fully saturated rings. The lowest BCUT2D eigenvalue weighted by atomic mass is 10.1. The number of ketones is 1. The SMILES string of the molecule is CCC(=O)c1cc(Br)c2[nH]c(=O)ccc2c1. The Bertz CT molecular complexity index is 616. The number of hydrogen-bond acceptors (Lipinski definition) is 2. The Labute approximate surface area is 101 Å². The van der Waals surface area contributed by atoms with Crippen LogP contribution >= 0.6 is 15.9 Å². The number of aromatic amines is 1. The summed E-state index contributed by atoms with van der Waals surface area (Å²) in [5.74, 6) is 0.0915. The van der Waals surface area contributed by atoms with Crippen molar-refractivity contribution in [2.45, 2.75) is 13.3 Å². The molecular weight excluding hydrogens is 270 g/mol. The fourth-order valence-corrected chi connectivity index (χ4v) is 2.16. The Kier molecular flexibility index (Phi) is 2.92. The molecule has 1 heterocycles. The van der Waals surface area contributed by atoms with Crippen LogP contribution in [-0.4, -0.2) is 10.8 Å². The number of halogens is 1. The van der Waals surface area contributed by atoms with Gasteiger partial charge in [0.05, 0.1) is 5.52 Å². The zero-order valence-electron chi connectivity index (χ0n) is 8.71. The van der Waals surface area contributed by atoms with Gasteiger partial charge in [-0.3, -0.25) is 9.59 Å². The normalized spacial score (nSPS) is 10.6. The Morgan fingerprint density at radius 2 is 2.12 bits per heavy atom. The minimum atomic E-state index is -0.150. The van der Waals surface area contributed by atoms with Crippen molar-refractivity contribution in [3.8, 4) is 0 Å². The Morgan fingerprint density at radius 3 is 2.81 bits per heavy atom. The number of Topliss-reactive ketones (excluding diaryl/α,β-unsaturated/α-hetero) is 1. The second-order valence-electron chi connectivity index (χ2n) is 3.52.